The summed E-state index contributed by atoms with van der Waals surface area (Å²) in [5, 5.41) is 16.4. The van der Waals surface area contributed by atoms with E-state index in [9.17, 15) is 5.11 Å². The third-order valence-corrected chi connectivity index (χ3v) is 2.67. The number of benzene rings is 1. The summed E-state index contributed by atoms with van der Waals surface area (Å²) in [4.78, 5) is 0. The maximum absolute atomic E-state index is 10.00. The van der Waals surface area contributed by atoms with Gasteiger partial charge in [-0.05, 0) is 12.1 Å². The van der Waals surface area contributed by atoms with Crippen LogP contribution in [0, 0.1) is 0 Å². The molecular formula is C10H10BrN3O. The topological polar surface area (TPSA) is 74.9 Å². The normalized spacial score (nSPS) is 12.7. The Morgan fingerprint density at radius 1 is 1.47 bits per heavy atom. The summed E-state index contributed by atoms with van der Waals surface area (Å²) in [6, 6.07) is 5.39. The molecule has 5 heteroatoms. The van der Waals surface area contributed by atoms with Crippen LogP contribution in [-0.2, 0) is 0 Å². The molecule has 0 aliphatic heterocycles. The van der Waals surface area contributed by atoms with Crippen LogP contribution in [0.2, 0.25) is 0 Å². The van der Waals surface area contributed by atoms with E-state index in [0.29, 0.717) is 16.8 Å². The van der Waals surface area contributed by atoms with E-state index in [2.05, 4.69) is 26.1 Å². The number of aliphatic hydroxyl groups is 1. The summed E-state index contributed by atoms with van der Waals surface area (Å²) < 4.78 is 0.892. The molecule has 4 nitrogen and oxygen atoms in total. The van der Waals surface area contributed by atoms with Crippen LogP contribution in [0.1, 0.15) is 17.2 Å². The second-order valence-corrected chi connectivity index (χ2v) is 4.12. The fourth-order valence-electron chi connectivity index (χ4n) is 1.38. The van der Waals surface area contributed by atoms with Gasteiger partial charge in [0.1, 0.15) is 6.10 Å². The van der Waals surface area contributed by atoms with E-state index >= 15 is 0 Å². The molecule has 0 aliphatic carbocycles. The molecule has 1 atom stereocenters. The van der Waals surface area contributed by atoms with E-state index in [1.54, 1.807) is 24.5 Å². The van der Waals surface area contributed by atoms with Gasteiger partial charge in [0.25, 0.3) is 0 Å². The van der Waals surface area contributed by atoms with E-state index in [1.807, 2.05) is 6.07 Å². The van der Waals surface area contributed by atoms with Crippen molar-refractivity contribution in [2.75, 3.05) is 5.73 Å². The van der Waals surface area contributed by atoms with Gasteiger partial charge in [-0.15, -0.1) is 0 Å². The first-order chi connectivity index (χ1) is 7.18. The maximum Gasteiger partial charge on any atom is 0.109 e. The largest absolute Gasteiger partial charge is 0.398 e. The molecule has 2 rings (SSSR count). The minimum absolute atomic E-state index is 0.554. The van der Waals surface area contributed by atoms with Crippen molar-refractivity contribution < 1.29 is 5.11 Å². The van der Waals surface area contributed by atoms with Gasteiger partial charge in [-0.1, -0.05) is 22.0 Å². The molecule has 15 heavy (non-hydrogen) atoms. The minimum atomic E-state index is -0.739. The molecule has 0 bridgehead atoms. The number of rotatable bonds is 2. The molecule has 1 aromatic heterocycles. The Balaban J connectivity index is 2.38. The summed E-state index contributed by atoms with van der Waals surface area (Å²) in [6.45, 7) is 0. The van der Waals surface area contributed by atoms with Crippen LogP contribution in [0.4, 0.5) is 5.69 Å². The highest BCUT2D eigenvalue weighted by atomic mass is 79.9. The van der Waals surface area contributed by atoms with Gasteiger partial charge >= 0.3 is 0 Å². The zero-order valence-corrected chi connectivity index (χ0v) is 9.40. The highest BCUT2D eigenvalue weighted by Gasteiger charge is 2.14. The molecule has 0 radical (unpaired) electrons. The van der Waals surface area contributed by atoms with Crippen molar-refractivity contribution >= 4 is 21.6 Å². The van der Waals surface area contributed by atoms with Crippen molar-refractivity contribution in [3.05, 3.63) is 46.2 Å². The number of H-pyrrole nitrogens is 1. The number of aromatic nitrogens is 2. The molecule has 78 valence electrons. The Hall–Kier alpha value is -1.33. The first kappa shape index (κ1) is 10.2. The van der Waals surface area contributed by atoms with Gasteiger partial charge < -0.3 is 10.8 Å². The Morgan fingerprint density at radius 3 is 2.87 bits per heavy atom. The van der Waals surface area contributed by atoms with Gasteiger partial charge in [0.15, 0.2) is 0 Å². The summed E-state index contributed by atoms with van der Waals surface area (Å²) in [5.74, 6) is 0. The second kappa shape index (κ2) is 4.04. The van der Waals surface area contributed by atoms with Crippen LogP contribution in [0.15, 0.2) is 35.1 Å². The molecule has 0 amide bonds. The lowest BCUT2D eigenvalue weighted by Gasteiger charge is -2.11. The van der Waals surface area contributed by atoms with Gasteiger partial charge in [-0.2, -0.15) is 5.10 Å². The fraction of sp³-hybridized carbons (Fsp3) is 0.100. The molecule has 0 saturated heterocycles. The van der Waals surface area contributed by atoms with Gasteiger partial charge in [0.2, 0.25) is 0 Å². The highest BCUT2D eigenvalue weighted by Crippen LogP contribution is 2.28. The van der Waals surface area contributed by atoms with Crippen LogP contribution in [0.3, 0.4) is 0 Å². The number of nitrogens with one attached hydrogen (secondary N) is 1. The van der Waals surface area contributed by atoms with Crippen LogP contribution >= 0.6 is 15.9 Å². The number of nitrogen functional groups attached to an aromatic ring is 1. The first-order valence-electron chi connectivity index (χ1n) is 4.40. The summed E-state index contributed by atoms with van der Waals surface area (Å²) in [5.41, 5.74) is 7.74. The van der Waals surface area contributed by atoms with E-state index in [1.165, 1.54) is 0 Å². The van der Waals surface area contributed by atoms with Crippen LogP contribution in [-0.4, -0.2) is 15.3 Å². The molecule has 4 N–H and O–H groups in total. The summed E-state index contributed by atoms with van der Waals surface area (Å²) in [6.07, 6.45) is 2.48. The van der Waals surface area contributed by atoms with Crippen molar-refractivity contribution in [1.82, 2.24) is 10.2 Å². The number of halogens is 1. The van der Waals surface area contributed by atoms with Crippen LogP contribution in [0.5, 0.6) is 0 Å². The molecule has 1 aromatic carbocycles. The highest BCUT2D eigenvalue weighted by molar-refractivity contribution is 9.10. The Kier molecular flexibility index (Phi) is 2.75. The minimum Gasteiger partial charge on any atom is -0.398 e. The third-order valence-electron chi connectivity index (χ3n) is 2.18. The SMILES string of the molecule is Nc1cc(Br)ccc1C(O)c1cn[nH]c1. The smallest absolute Gasteiger partial charge is 0.109 e. The Morgan fingerprint density at radius 2 is 2.27 bits per heavy atom. The molecule has 0 aliphatic rings. The number of hydrogen-bond donors (Lipinski definition) is 3. The average molecular weight is 268 g/mol. The number of aromatic amines is 1. The first-order valence-corrected chi connectivity index (χ1v) is 5.19. The average Bonchev–Trinajstić information content (AvgIpc) is 2.69. The zero-order chi connectivity index (χ0) is 10.8. The molecular weight excluding hydrogens is 258 g/mol. The number of nitrogens with two attached hydrogens (primary N) is 1. The monoisotopic (exact) mass is 267 g/mol. The molecule has 0 spiro atoms. The van der Waals surface area contributed by atoms with Crippen molar-refractivity contribution in [3.8, 4) is 0 Å². The van der Waals surface area contributed by atoms with Crippen molar-refractivity contribution in [1.29, 1.82) is 0 Å². The van der Waals surface area contributed by atoms with Gasteiger partial charge in [-0.25, -0.2) is 0 Å². The van der Waals surface area contributed by atoms with Crippen molar-refractivity contribution in [2.24, 2.45) is 0 Å². The van der Waals surface area contributed by atoms with Crippen LogP contribution < -0.4 is 5.73 Å². The third kappa shape index (κ3) is 2.03. The predicted molar refractivity (Wildman–Crippen MR) is 61.2 cm³/mol. The van der Waals surface area contributed by atoms with Crippen LogP contribution in [0.25, 0.3) is 0 Å². The van der Waals surface area contributed by atoms with Gasteiger partial charge in [0, 0.05) is 27.5 Å². The number of hydrogen-bond acceptors (Lipinski definition) is 3. The summed E-state index contributed by atoms with van der Waals surface area (Å²) in [7, 11) is 0. The molecule has 2 aromatic rings. The number of aliphatic hydroxyl groups excluding tert-OH is 1. The predicted octanol–water partition coefficient (Wildman–Crippen LogP) is 1.84. The Labute approximate surface area is 95.3 Å². The Bertz CT molecular complexity index is 456. The molecule has 0 fully saturated rings. The molecule has 0 saturated carbocycles. The lowest BCUT2D eigenvalue weighted by atomic mass is 10.0. The van der Waals surface area contributed by atoms with Gasteiger partial charge in [0.05, 0.1) is 6.20 Å². The zero-order valence-electron chi connectivity index (χ0n) is 7.81. The lowest BCUT2D eigenvalue weighted by Crippen LogP contribution is -2.02. The van der Waals surface area contributed by atoms with E-state index in [0.717, 1.165) is 4.47 Å². The fourth-order valence-corrected chi connectivity index (χ4v) is 1.76. The molecule has 1 unspecified atom stereocenters. The lowest BCUT2D eigenvalue weighted by molar-refractivity contribution is 0.221. The van der Waals surface area contributed by atoms with Gasteiger partial charge in [-0.3, -0.25) is 5.10 Å². The van der Waals surface area contributed by atoms with Crippen molar-refractivity contribution in [2.45, 2.75) is 6.10 Å². The second-order valence-electron chi connectivity index (χ2n) is 3.21. The van der Waals surface area contributed by atoms with E-state index in [4.69, 9.17) is 5.73 Å². The standard InChI is InChI=1S/C10H10BrN3O/c11-7-1-2-8(9(12)3-7)10(15)6-4-13-14-5-6/h1-5,10,15H,12H2,(H,13,14). The summed E-state index contributed by atoms with van der Waals surface area (Å²) >= 11 is 3.31. The van der Waals surface area contributed by atoms with E-state index in [-0.39, 0.29) is 0 Å². The van der Waals surface area contributed by atoms with Crippen molar-refractivity contribution in [3.63, 3.8) is 0 Å². The quantitative estimate of drug-likeness (QED) is 0.727. The molecule has 1 heterocycles. The maximum atomic E-state index is 10.00. The van der Waals surface area contributed by atoms with E-state index < -0.39 is 6.10 Å². The number of anilines is 1. The number of nitrogens with zero attached hydrogens (tertiary/aromatic N) is 1.